The molecule has 0 atom stereocenters. The molecule has 1 aromatic rings. The molecule has 0 aliphatic carbocycles. The van der Waals surface area contributed by atoms with Gasteiger partial charge in [0.25, 0.3) is 5.91 Å². The van der Waals surface area contributed by atoms with Crippen molar-refractivity contribution in [3.8, 4) is 5.75 Å². The quantitative estimate of drug-likeness (QED) is 0.511. The number of nitrogens with one attached hydrogen (secondary N) is 1. The van der Waals surface area contributed by atoms with E-state index in [9.17, 15) is 4.79 Å². The third kappa shape index (κ3) is 3.10. The van der Waals surface area contributed by atoms with Crippen molar-refractivity contribution in [1.29, 1.82) is 0 Å². The maximum Gasteiger partial charge on any atom is 0.277 e. The van der Waals surface area contributed by atoms with Gasteiger partial charge in [0.05, 0.1) is 5.02 Å². The molecule has 4 nitrogen and oxygen atoms in total. The third-order valence-corrected chi connectivity index (χ3v) is 2.73. The maximum absolute atomic E-state index is 11.4. The van der Waals surface area contributed by atoms with Gasteiger partial charge in [-0.1, -0.05) is 27.5 Å². The van der Waals surface area contributed by atoms with Gasteiger partial charge < -0.3 is 4.74 Å². The van der Waals surface area contributed by atoms with E-state index in [0.717, 1.165) is 4.47 Å². The average Bonchev–Trinajstić information content (AvgIpc) is 2.21. The van der Waals surface area contributed by atoms with Gasteiger partial charge in [-0.3, -0.25) is 10.2 Å². The molecule has 1 rings (SSSR count). The average molecular weight is 308 g/mol. The molecule has 0 bridgehead atoms. The van der Waals surface area contributed by atoms with Crippen LogP contribution in [0.5, 0.6) is 5.75 Å². The van der Waals surface area contributed by atoms with E-state index < -0.39 is 11.5 Å². The highest BCUT2D eigenvalue weighted by atomic mass is 79.9. The lowest BCUT2D eigenvalue weighted by atomic mass is 10.1. The lowest BCUT2D eigenvalue weighted by molar-refractivity contribution is -0.134. The first kappa shape index (κ1) is 13.3. The Kier molecular flexibility index (Phi) is 4.18. The van der Waals surface area contributed by atoms with Gasteiger partial charge in [0.1, 0.15) is 5.75 Å². The van der Waals surface area contributed by atoms with Crippen molar-refractivity contribution in [1.82, 2.24) is 5.43 Å². The second-order valence-electron chi connectivity index (χ2n) is 3.66. The first-order valence-corrected chi connectivity index (χ1v) is 5.69. The minimum Gasteiger partial charge on any atom is -0.476 e. The minimum absolute atomic E-state index is 0.423. The molecular weight excluding hydrogens is 295 g/mol. The SMILES string of the molecule is CC(C)(Oc1ccc(Br)cc1Cl)C(=O)NN. The van der Waals surface area contributed by atoms with E-state index in [0.29, 0.717) is 10.8 Å². The van der Waals surface area contributed by atoms with Crippen LogP contribution in [0.1, 0.15) is 13.8 Å². The van der Waals surface area contributed by atoms with Crippen LogP contribution in [0.25, 0.3) is 0 Å². The lowest BCUT2D eigenvalue weighted by Gasteiger charge is -2.24. The first-order valence-electron chi connectivity index (χ1n) is 4.52. The Morgan fingerprint density at radius 3 is 2.69 bits per heavy atom. The summed E-state index contributed by atoms with van der Waals surface area (Å²) < 4.78 is 6.33. The van der Waals surface area contributed by atoms with Crippen molar-refractivity contribution >= 4 is 33.4 Å². The molecule has 1 amide bonds. The van der Waals surface area contributed by atoms with Gasteiger partial charge in [-0.15, -0.1) is 0 Å². The fraction of sp³-hybridized carbons (Fsp3) is 0.300. The number of amides is 1. The van der Waals surface area contributed by atoms with Crippen LogP contribution in [0.3, 0.4) is 0 Å². The Hall–Kier alpha value is -0.780. The zero-order chi connectivity index (χ0) is 12.3. The Balaban J connectivity index is 2.92. The summed E-state index contributed by atoms with van der Waals surface area (Å²) in [5.41, 5.74) is 0.963. The molecule has 0 fully saturated rings. The van der Waals surface area contributed by atoms with E-state index >= 15 is 0 Å². The van der Waals surface area contributed by atoms with Crippen molar-refractivity contribution in [3.05, 3.63) is 27.7 Å². The lowest BCUT2D eigenvalue weighted by Crippen LogP contribution is -2.49. The summed E-state index contributed by atoms with van der Waals surface area (Å²) in [6.07, 6.45) is 0. The molecule has 0 heterocycles. The molecule has 0 saturated heterocycles. The molecule has 0 aliphatic heterocycles. The van der Waals surface area contributed by atoms with Crippen LogP contribution in [-0.4, -0.2) is 11.5 Å². The second kappa shape index (κ2) is 5.03. The Morgan fingerprint density at radius 1 is 1.56 bits per heavy atom. The summed E-state index contributed by atoms with van der Waals surface area (Å²) in [4.78, 5) is 11.4. The van der Waals surface area contributed by atoms with Gasteiger partial charge in [-0.2, -0.15) is 0 Å². The molecule has 3 N–H and O–H groups in total. The number of halogens is 2. The molecule has 88 valence electrons. The summed E-state index contributed by atoms with van der Waals surface area (Å²) >= 11 is 9.24. The molecular formula is C10H12BrClN2O2. The summed E-state index contributed by atoms with van der Waals surface area (Å²) in [6, 6.07) is 5.14. The van der Waals surface area contributed by atoms with Crippen LogP contribution in [0.4, 0.5) is 0 Å². The monoisotopic (exact) mass is 306 g/mol. The van der Waals surface area contributed by atoms with E-state index in [-0.39, 0.29) is 0 Å². The summed E-state index contributed by atoms with van der Waals surface area (Å²) in [7, 11) is 0. The van der Waals surface area contributed by atoms with Gasteiger partial charge in [0, 0.05) is 4.47 Å². The largest absolute Gasteiger partial charge is 0.476 e. The number of rotatable bonds is 3. The summed E-state index contributed by atoms with van der Waals surface area (Å²) in [5.74, 6) is 5.06. The summed E-state index contributed by atoms with van der Waals surface area (Å²) in [5, 5.41) is 0.423. The maximum atomic E-state index is 11.4. The topological polar surface area (TPSA) is 64.3 Å². The van der Waals surface area contributed by atoms with E-state index in [2.05, 4.69) is 15.9 Å². The van der Waals surface area contributed by atoms with Crippen molar-refractivity contribution in [2.75, 3.05) is 0 Å². The molecule has 0 unspecified atom stereocenters. The van der Waals surface area contributed by atoms with Crippen LogP contribution in [0, 0.1) is 0 Å². The smallest absolute Gasteiger partial charge is 0.277 e. The Labute approximate surface area is 107 Å². The standard InChI is InChI=1S/C10H12BrClN2O2/c1-10(2,9(15)14-13)16-8-4-3-6(11)5-7(8)12/h3-5H,13H2,1-2H3,(H,14,15). The zero-order valence-corrected chi connectivity index (χ0v) is 11.2. The number of nitrogens with two attached hydrogens (primary N) is 1. The highest BCUT2D eigenvalue weighted by molar-refractivity contribution is 9.10. The van der Waals surface area contributed by atoms with Crippen molar-refractivity contribution in [2.45, 2.75) is 19.4 Å². The van der Waals surface area contributed by atoms with Crippen LogP contribution in [0.15, 0.2) is 22.7 Å². The van der Waals surface area contributed by atoms with Crippen LogP contribution in [-0.2, 0) is 4.79 Å². The molecule has 0 aliphatic rings. The highest BCUT2D eigenvalue weighted by Gasteiger charge is 2.29. The first-order chi connectivity index (χ1) is 7.36. The number of carbonyl (C=O) groups is 1. The van der Waals surface area contributed by atoms with Gasteiger partial charge >= 0.3 is 0 Å². The molecule has 0 radical (unpaired) electrons. The third-order valence-electron chi connectivity index (χ3n) is 1.94. The number of hydrogen-bond donors (Lipinski definition) is 2. The minimum atomic E-state index is -1.08. The summed E-state index contributed by atoms with van der Waals surface area (Å²) in [6.45, 7) is 3.21. The van der Waals surface area contributed by atoms with Crippen LogP contribution < -0.4 is 16.0 Å². The Morgan fingerprint density at radius 2 is 2.19 bits per heavy atom. The zero-order valence-electron chi connectivity index (χ0n) is 8.88. The predicted octanol–water partition coefficient (Wildman–Crippen LogP) is 2.25. The number of benzene rings is 1. The van der Waals surface area contributed by atoms with Crippen molar-refractivity contribution in [2.24, 2.45) is 5.84 Å². The Bertz CT molecular complexity index is 410. The van der Waals surface area contributed by atoms with E-state index in [1.165, 1.54) is 0 Å². The van der Waals surface area contributed by atoms with E-state index in [4.69, 9.17) is 22.2 Å². The molecule has 0 aromatic heterocycles. The molecule has 0 saturated carbocycles. The number of hydrogen-bond acceptors (Lipinski definition) is 3. The second-order valence-corrected chi connectivity index (χ2v) is 4.98. The number of carbonyl (C=O) groups excluding carboxylic acids is 1. The van der Waals surface area contributed by atoms with Crippen molar-refractivity contribution in [3.63, 3.8) is 0 Å². The predicted molar refractivity (Wildman–Crippen MR) is 66.2 cm³/mol. The fourth-order valence-corrected chi connectivity index (χ4v) is 1.77. The molecule has 1 aromatic carbocycles. The number of hydrazine groups is 1. The van der Waals surface area contributed by atoms with Gasteiger partial charge in [0.2, 0.25) is 0 Å². The van der Waals surface area contributed by atoms with Gasteiger partial charge in [0.15, 0.2) is 5.60 Å². The van der Waals surface area contributed by atoms with Crippen LogP contribution >= 0.6 is 27.5 Å². The van der Waals surface area contributed by atoms with Crippen LogP contribution in [0.2, 0.25) is 5.02 Å². The van der Waals surface area contributed by atoms with Crippen molar-refractivity contribution < 1.29 is 9.53 Å². The molecule has 6 heteroatoms. The highest BCUT2D eigenvalue weighted by Crippen LogP contribution is 2.30. The normalized spacial score (nSPS) is 11.1. The molecule has 0 spiro atoms. The van der Waals surface area contributed by atoms with Gasteiger partial charge in [-0.05, 0) is 32.0 Å². The van der Waals surface area contributed by atoms with E-state index in [1.807, 2.05) is 5.43 Å². The molecule has 16 heavy (non-hydrogen) atoms. The fourth-order valence-electron chi connectivity index (χ4n) is 1.05. The van der Waals surface area contributed by atoms with E-state index in [1.54, 1.807) is 32.0 Å². The van der Waals surface area contributed by atoms with Gasteiger partial charge in [-0.25, -0.2) is 5.84 Å². The number of ether oxygens (including phenoxy) is 1.